The Hall–Kier alpha value is -2.62. The summed E-state index contributed by atoms with van der Waals surface area (Å²) < 4.78 is 11.7. The van der Waals surface area contributed by atoms with E-state index in [0.29, 0.717) is 26.2 Å². The van der Waals surface area contributed by atoms with Crippen molar-refractivity contribution in [1.82, 2.24) is 20.2 Å². The van der Waals surface area contributed by atoms with Crippen molar-refractivity contribution in [2.45, 2.75) is 44.8 Å². The van der Waals surface area contributed by atoms with Crippen LogP contribution in [0, 0.1) is 5.92 Å². The first kappa shape index (κ1) is 27.4. The van der Waals surface area contributed by atoms with Gasteiger partial charge in [0.25, 0.3) is 0 Å². The number of rotatable bonds is 11. The van der Waals surface area contributed by atoms with Gasteiger partial charge in [-0.05, 0) is 62.4 Å². The fraction of sp³-hybridized carbons (Fsp3) is 0.643. The maximum atomic E-state index is 11.3. The van der Waals surface area contributed by atoms with Crippen molar-refractivity contribution in [3.63, 3.8) is 0 Å². The molecule has 1 atom stereocenters. The molecule has 37 heavy (non-hydrogen) atoms. The molecular formula is C28H44N6O3. The standard InChI is InChI=1S/C28H44N6O3/c1-22-8-12-33(13-9-22)14-15-37-24-7-6-23(16-25(24)36-4)18-29-19-28(35)10-5-11-34(20-28)27-17-26(32(2)3)30-21-31-27/h6-7,16-17,21-22,29,35H,5,8-15,18-20H2,1-4H3. The van der Waals surface area contributed by atoms with Gasteiger partial charge in [-0.3, -0.25) is 4.90 Å². The van der Waals surface area contributed by atoms with Crippen LogP contribution in [0.25, 0.3) is 0 Å². The van der Waals surface area contributed by atoms with E-state index in [2.05, 4.69) is 38.1 Å². The molecule has 0 radical (unpaired) electrons. The summed E-state index contributed by atoms with van der Waals surface area (Å²) in [5, 5.41) is 14.8. The van der Waals surface area contributed by atoms with E-state index in [0.717, 1.165) is 73.6 Å². The average Bonchev–Trinajstić information content (AvgIpc) is 2.90. The number of methoxy groups -OCH3 is 1. The third-order valence-electron chi connectivity index (χ3n) is 7.53. The van der Waals surface area contributed by atoms with E-state index >= 15 is 0 Å². The molecule has 3 heterocycles. The van der Waals surface area contributed by atoms with Crippen molar-refractivity contribution in [3.8, 4) is 11.5 Å². The summed E-state index contributed by atoms with van der Waals surface area (Å²) in [5.74, 6) is 4.08. The number of ether oxygens (including phenoxy) is 2. The quantitative estimate of drug-likeness (QED) is 0.472. The lowest BCUT2D eigenvalue weighted by molar-refractivity contribution is 0.0259. The van der Waals surface area contributed by atoms with E-state index in [-0.39, 0.29) is 0 Å². The molecule has 2 fully saturated rings. The highest BCUT2D eigenvalue weighted by molar-refractivity contribution is 5.50. The number of benzene rings is 1. The summed E-state index contributed by atoms with van der Waals surface area (Å²) in [6.45, 7) is 8.82. The summed E-state index contributed by atoms with van der Waals surface area (Å²) >= 11 is 0. The summed E-state index contributed by atoms with van der Waals surface area (Å²) in [6, 6.07) is 8.05. The van der Waals surface area contributed by atoms with E-state index in [1.165, 1.54) is 12.8 Å². The molecule has 0 aliphatic carbocycles. The monoisotopic (exact) mass is 512 g/mol. The van der Waals surface area contributed by atoms with Gasteiger partial charge >= 0.3 is 0 Å². The fourth-order valence-corrected chi connectivity index (χ4v) is 5.16. The number of aliphatic hydroxyl groups is 1. The van der Waals surface area contributed by atoms with Crippen molar-refractivity contribution in [2.24, 2.45) is 5.92 Å². The Balaban J connectivity index is 1.26. The average molecular weight is 513 g/mol. The molecule has 9 heteroatoms. The number of hydrogen-bond donors (Lipinski definition) is 2. The Kier molecular flexibility index (Phi) is 9.45. The summed E-state index contributed by atoms with van der Waals surface area (Å²) in [4.78, 5) is 15.3. The number of likely N-dealkylation sites (tertiary alicyclic amines) is 1. The second-order valence-electron chi connectivity index (χ2n) is 10.8. The highest BCUT2D eigenvalue weighted by atomic mass is 16.5. The number of nitrogens with one attached hydrogen (secondary N) is 1. The SMILES string of the molecule is COc1cc(CNCC2(O)CCCN(c3cc(N(C)C)ncn3)C2)ccc1OCCN1CCC(C)CC1. The molecular weight excluding hydrogens is 468 g/mol. The van der Waals surface area contributed by atoms with Crippen LogP contribution in [0.3, 0.4) is 0 Å². The first-order valence-corrected chi connectivity index (χ1v) is 13.5. The molecule has 2 aliphatic rings. The van der Waals surface area contributed by atoms with Crippen LogP contribution < -0.4 is 24.6 Å². The number of piperidine rings is 2. The predicted molar refractivity (Wildman–Crippen MR) is 148 cm³/mol. The van der Waals surface area contributed by atoms with Gasteiger partial charge in [0.05, 0.1) is 12.7 Å². The van der Waals surface area contributed by atoms with E-state index < -0.39 is 5.60 Å². The minimum atomic E-state index is -0.819. The van der Waals surface area contributed by atoms with Crippen LogP contribution in [0.15, 0.2) is 30.6 Å². The zero-order valence-corrected chi connectivity index (χ0v) is 22.9. The second kappa shape index (κ2) is 12.8. The molecule has 1 aromatic carbocycles. The third kappa shape index (κ3) is 7.69. The van der Waals surface area contributed by atoms with E-state index in [4.69, 9.17) is 9.47 Å². The second-order valence-corrected chi connectivity index (χ2v) is 10.8. The maximum Gasteiger partial charge on any atom is 0.161 e. The zero-order chi connectivity index (χ0) is 26.3. The molecule has 2 saturated heterocycles. The van der Waals surface area contributed by atoms with Crippen LogP contribution in [-0.4, -0.2) is 92.7 Å². The zero-order valence-electron chi connectivity index (χ0n) is 22.9. The smallest absolute Gasteiger partial charge is 0.161 e. The van der Waals surface area contributed by atoms with E-state index in [1.54, 1.807) is 13.4 Å². The molecule has 2 aromatic rings. The lowest BCUT2D eigenvalue weighted by Gasteiger charge is -2.40. The molecule has 204 valence electrons. The van der Waals surface area contributed by atoms with Gasteiger partial charge in [-0.15, -0.1) is 0 Å². The third-order valence-corrected chi connectivity index (χ3v) is 7.53. The molecule has 0 spiro atoms. The highest BCUT2D eigenvalue weighted by Gasteiger charge is 2.33. The molecule has 2 aliphatic heterocycles. The summed E-state index contributed by atoms with van der Waals surface area (Å²) in [7, 11) is 5.61. The van der Waals surface area contributed by atoms with Gasteiger partial charge in [0, 0.05) is 52.9 Å². The highest BCUT2D eigenvalue weighted by Crippen LogP contribution is 2.29. The Morgan fingerprint density at radius 2 is 1.95 bits per heavy atom. The van der Waals surface area contributed by atoms with Crippen molar-refractivity contribution in [3.05, 3.63) is 36.2 Å². The van der Waals surface area contributed by atoms with Gasteiger partial charge in [-0.25, -0.2) is 9.97 Å². The Morgan fingerprint density at radius 3 is 2.70 bits per heavy atom. The predicted octanol–water partition coefficient (Wildman–Crippen LogP) is 2.78. The van der Waals surface area contributed by atoms with Crippen LogP contribution in [-0.2, 0) is 6.54 Å². The van der Waals surface area contributed by atoms with Crippen molar-refractivity contribution < 1.29 is 14.6 Å². The Bertz CT molecular complexity index is 998. The largest absolute Gasteiger partial charge is 0.493 e. The number of hydrogen-bond acceptors (Lipinski definition) is 9. The Labute approximate surface area is 221 Å². The molecule has 9 nitrogen and oxygen atoms in total. The first-order valence-electron chi connectivity index (χ1n) is 13.5. The van der Waals surface area contributed by atoms with Crippen LogP contribution in [0.5, 0.6) is 11.5 Å². The van der Waals surface area contributed by atoms with E-state index in [1.807, 2.05) is 37.2 Å². The van der Waals surface area contributed by atoms with Crippen LogP contribution in [0.4, 0.5) is 11.6 Å². The Morgan fingerprint density at radius 1 is 1.14 bits per heavy atom. The topological polar surface area (TPSA) is 86.2 Å². The van der Waals surface area contributed by atoms with Gasteiger partial charge in [-0.2, -0.15) is 0 Å². The van der Waals surface area contributed by atoms with Gasteiger partial charge in [0.1, 0.15) is 24.6 Å². The van der Waals surface area contributed by atoms with Crippen LogP contribution in [0.1, 0.15) is 38.2 Å². The van der Waals surface area contributed by atoms with Crippen molar-refractivity contribution in [2.75, 3.05) is 76.9 Å². The molecule has 0 bridgehead atoms. The van der Waals surface area contributed by atoms with Gasteiger partial charge in [0.15, 0.2) is 11.5 Å². The number of nitrogens with zero attached hydrogens (tertiary/aromatic N) is 5. The molecule has 1 aromatic heterocycles. The van der Waals surface area contributed by atoms with Gasteiger partial charge in [0.2, 0.25) is 0 Å². The molecule has 0 saturated carbocycles. The minimum absolute atomic E-state index is 0.504. The fourth-order valence-electron chi connectivity index (χ4n) is 5.16. The maximum absolute atomic E-state index is 11.3. The number of β-amino-alcohol motifs (C(OH)–C–C–N with tert-alkyl or cyclic N) is 1. The van der Waals surface area contributed by atoms with Crippen molar-refractivity contribution in [1.29, 1.82) is 0 Å². The first-order chi connectivity index (χ1) is 17.8. The van der Waals surface area contributed by atoms with Crippen LogP contribution in [0.2, 0.25) is 0 Å². The van der Waals surface area contributed by atoms with Gasteiger partial charge in [-0.1, -0.05) is 13.0 Å². The van der Waals surface area contributed by atoms with Gasteiger partial charge < -0.3 is 29.7 Å². The lowest BCUT2D eigenvalue weighted by Crippen LogP contribution is -2.53. The number of aromatic nitrogens is 2. The lowest BCUT2D eigenvalue weighted by atomic mass is 9.92. The molecule has 0 amide bonds. The van der Waals surface area contributed by atoms with Crippen molar-refractivity contribution >= 4 is 11.6 Å². The number of anilines is 2. The molecule has 4 rings (SSSR count). The summed E-state index contributed by atoms with van der Waals surface area (Å²) in [6.07, 6.45) is 5.81. The normalized spacial score (nSPS) is 21.2. The minimum Gasteiger partial charge on any atom is -0.493 e. The summed E-state index contributed by atoms with van der Waals surface area (Å²) in [5.41, 5.74) is 0.276. The van der Waals surface area contributed by atoms with Crippen LogP contribution >= 0.6 is 0 Å². The van der Waals surface area contributed by atoms with E-state index in [9.17, 15) is 5.11 Å². The molecule has 2 N–H and O–H groups in total. The molecule has 1 unspecified atom stereocenters.